The van der Waals surface area contributed by atoms with E-state index in [1.54, 1.807) is 11.3 Å². The van der Waals surface area contributed by atoms with E-state index in [4.69, 9.17) is 10.3 Å². The van der Waals surface area contributed by atoms with Crippen LogP contribution in [0.25, 0.3) is 10.6 Å². The highest BCUT2D eigenvalue weighted by molar-refractivity contribution is 7.13. The molecule has 3 heterocycles. The predicted molar refractivity (Wildman–Crippen MR) is 72.2 cm³/mol. The fourth-order valence-corrected chi connectivity index (χ4v) is 3.05. The second-order valence-electron chi connectivity index (χ2n) is 5.00. The maximum Gasteiger partial charge on any atom is 0.177 e. The molecule has 1 saturated heterocycles. The van der Waals surface area contributed by atoms with Gasteiger partial charge in [-0.2, -0.15) is 0 Å². The van der Waals surface area contributed by atoms with Crippen LogP contribution in [0.3, 0.4) is 0 Å². The lowest BCUT2D eigenvalue weighted by Crippen LogP contribution is -2.28. The molecule has 0 aliphatic carbocycles. The Morgan fingerprint density at radius 1 is 1.56 bits per heavy atom. The third-order valence-electron chi connectivity index (χ3n) is 3.45. The van der Waals surface area contributed by atoms with Gasteiger partial charge in [0.15, 0.2) is 5.76 Å². The summed E-state index contributed by atoms with van der Waals surface area (Å²) in [6.45, 7) is 5.02. The molecule has 0 radical (unpaired) electrons. The zero-order valence-corrected chi connectivity index (χ0v) is 11.2. The van der Waals surface area contributed by atoms with Crippen LogP contribution in [0.2, 0.25) is 0 Å². The van der Waals surface area contributed by atoms with Gasteiger partial charge in [-0.05, 0) is 17.4 Å². The zero-order chi connectivity index (χ0) is 12.5. The van der Waals surface area contributed by atoms with Gasteiger partial charge in [0.05, 0.1) is 10.6 Å². The van der Waals surface area contributed by atoms with E-state index >= 15 is 0 Å². The second kappa shape index (κ2) is 4.84. The summed E-state index contributed by atoms with van der Waals surface area (Å²) in [5.41, 5.74) is 7.01. The van der Waals surface area contributed by atoms with Crippen LogP contribution in [0.1, 0.15) is 12.6 Å². The molecule has 5 heteroatoms. The van der Waals surface area contributed by atoms with Crippen LogP contribution in [0, 0.1) is 5.92 Å². The fourth-order valence-electron chi connectivity index (χ4n) is 2.37. The van der Waals surface area contributed by atoms with Gasteiger partial charge in [0.1, 0.15) is 0 Å². The quantitative estimate of drug-likeness (QED) is 0.922. The third-order valence-corrected chi connectivity index (χ3v) is 4.34. The molecule has 0 amide bonds. The Kier molecular flexibility index (Phi) is 3.20. The van der Waals surface area contributed by atoms with Crippen molar-refractivity contribution in [3.05, 3.63) is 29.3 Å². The Labute approximate surface area is 110 Å². The number of nitrogens with zero attached hydrogens (tertiary/aromatic N) is 2. The molecule has 2 aromatic rings. The molecule has 0 saturated carbocycles. The van der Waals surface area contributed by atoms with Crippen molar-refractivity contribution in [1.29, 1.82) is 0 Å². The predicted octanol–water partition coefficient (Wildman–Crippen LogP) is 2.18. The number of hydrogen-bond acceptors (Lipinski definition) is 5. The lowest BCUT2D eigenvalue weighted by Gasteiger charge is -2.12. The van der Waals surface area contributed by atoms with Crippen LogP contribution in [0.4, 0.5) is 0 Å². The molecule has 0 spiro atoms. The zero-order valence-electron chi connectivity index (χ0n) is 10.4. The van der Waals surface area contributed by atoms with E-state index in [9.17, 15) is 0 Å². The van der Waals surface area contributed by atoms with Crippen molar-refractivity contribution in [3.8, 4) is 10.6 Å². The van der Waals surface area contributed by atoms with Crippen LogP contribution in [-0.2, 0) is 6.54 Å². The average molecular weight is 263 g/mol. The summed E-state index contributed by atoms with van der Waals surface area (Å²) in [5.74, 6) is 1.42. The fraction of sp³-hybridized carbons (Fsp3) is 0.462. The van der Waals surface area contributed by atoms with Gasteiger partial charge in [-0.3, -0.25) is 4.90 Å². The van der Waals surface area contributed by atoms with E-state index in [1.165, 1.54) is 0 Å². The molecule has 2 aromatic heterocycles. The molecule has 96 valence electrons. The van der Waals surface area contributed by atoms with Crippen molar-refractivity contribution in [3.63, 3.8) is 0 Å². The molecular weight excluding hydrogens is 246 g/mol. The van der Waals surface area contributed by atoms with E-state index in [0.29, 0.717) is 5.92 Å². The summed E-state index contributed by atoms with van der Waals surface area (Å²) in [5, 5.41) is 6.18. The minimum Gasteiger partial charge on any atom is -0.355 e. The molecule has 3 rings (SSSR count). The molecule has 1 aliphatic rings. The van der Waals surface area contributed by atoms with E-state index < -0.39 is 0 Å². The topological polar surface area (TPSA) is 55.3 Å². The highest BCUT2D eigenvalue weighted by Crippen LogP contribution is 2.26. The van der Waals surface area contributed by atoms with E-state index in [0.717, 1.165) is 36.0 Å². The summed E-state index contributed by atoms with van der Waals surface area (Å²) >= 11 is 1.67. The van der Waals surface area contributed by atoms with E-state index in [2.05, 4.69) is 17.0 Å². The molecule has 4 nitrogen and oxygen atoms in total. The Balaban J connectivity index is 1.68. The van der Waals surface area contributed by atoms with Gasteiger partial charge in [-0.1, -0.05) is 18.1 Å². The minimum absolute atomic E-state index is 0.286. The van der Waals surface area contributed by atoms with Crippen LogP contribution >= 0.6 is 11.3 Å². The van der Waals surface area contributed by atoms with Crippen molar-refractivity contribution >= 4 is 11.3 Å². The lowest BCUT2D eigenvalue weighted by molar-refractivity contribution is 0.304. The van der Waals surface area contributed by atoms with Crippen LogP contribution in [0.5, 0.6) is 0 Å². The van der Waals surface area contributed by atoms with Crippen LogP contribution < -0.4 is 5.73 Å². The maximum atomic E-state index is 6.02. The molecule has 0 bridgehead atoms. The molecule has 1 fully saturated rings. The normalized spacial score (nSPS) is 24.8. The highest BCUT2D eigenvalue weighted by Gasteiger charge is 2.27. The number of thiophene rings is 1. The van der Waals surface area contributed by atoms with Gasteiger partial charge >= 0.3 is 0 Å². The van der Waals surface area contributed by atoms with Gasteiger partial charge in [0.2, 0.25) is 0 Å². The van der Waals surface area contributed by atoms with Crippen molar-refractivity contribution in [2.45, 2.75) is 19.5 Å². The second-order valence-corrected chi connectivity index (χ2v) is 5.94. The molecule has 1 aliphatic heterocycles. The van der Waals surface area contributed by atoms with E-state index in [1.807, 2.05) is 23.6 Å². The van der Waals surface area contributed by atoms with Crippen molar-refractivity contribution in [2.24, 2.45) is 11.7 Å². The molecule has 18 heavy (non-hydrogen) atoms. The first-order valence-electron chi connectivity index (χ1n) is 6.20. The summed E-state index contributed by atoms with van der Waals surface area (Å²) in [7, 11) is 0. The van der Waals surface area contributed by atoms with Gasteiger partial charge < -0.3 is 10.3 Å². The van der Waals surface area contributed by atoms with Gasteiger partial charge in [0, 0.05) is 31.7 Å². The number of hydrogen-bond donors (Lipinski definition) is 1. The summed E-state index contributed by atoms with van der Waals surface area (Å²) in [6.07, 6.45) is 0. The van der Waals surface area contributed by atoms with Gasteiger partial charge in [-0.25, -0.2) is 0 Å². The van der Waals surface area contributed by atoms with Gasteiger partial charge in [0.25, 0.3) is 0 Å². The number of aromatic nitrogens is 1. The Morgan fingerprint density at radius 2 is 2.44 bits per heavy atom. The van der Waals surface area contributed by atoms with Crippen molar-refractivity contribution in [1.82, 2.24) is 10.1 Å². The van der Waals surface area contributed by atoms with Gasteiger partial charge in [-0.15, -0.1) is 11.3 Å². The smallest absolute Gasteiger partial charge is 0.177 e. The summed E-state index contributed by atoms with van der Waals surface area (Å²) in [4.78, 5) is 3.46. The van der Waals surface area contributed by atoms with E-state index in [-0.39, 0.29) is 6.04 Å². The molecular formula is C13H17N3OS. The lowest BCUT2D eigenvalue weighted by atomic mass is 10.1. The first-order chi connectivity index (χ1) is 8.72. The molecule has 2 unspecified atom stereocenters. The standard InChI is InChI=1S/C13H17N3OS/c1-9-6-16(8-11(9)14)7-10-5-12(17-15-10)13-3-2-4-18-13/h2-5,9,11H,6-8,14H2,1H3. The Morgan fingerprint density at radius 3 is 3.11 bits per heavy atom. The molecule has 0 aromatic carbocycles. The minimum atomic E-state index is 0.286. The molecule has 2 atom stereocenters. The highest BCUT2D eigenvalue weighted by atomic mass is 32.1. The average Bonchev–Trinajstić information content (AvgIpc) is 3.02. The Bertz CT molecular complexity index is 498. The third kappa shape index (κ3) is 2.34. The summed E-state index contributed by atoms with van der Waals surface area (Å²) in [6, 6.07) is 6.38. The molecule has 2 N–H and O–H groups in total. The summed E-state index contributed by atoms with van der Waals surface area (Å²) < 4.78 is 5.38. The van der Waals surface area contributed by atoms with Crippen molar-refractivity contribution in [2.75, 3.05) is 13.1 Å². The largest absolute Gasteiger partial charge is 0.355 e. The van der Waals surface area contributed by atoms with Crippen LogP contribution in [-0.4, -0.2) is 29.2 Å². The van der Waals surface area contributed by atoms with Crippen LogP contribution in [0.15, 0.2) is 28.1 Å². The number of nitrogens with two attached hydrogens (primary N) is 1. The SMILES string of the molecule is CC1CN(Cc2cc(-c3cccs3)on2)CC1N. The number of rotatable bonds is 3. The first-order valence-corrected chi connectivity index (χ1v) is 7.08. The van der Waals surface area contributed by atoms with Crippen molar-refractivity contribution < 1.29 is 4.52 Å². The maximum absolute atomic E-state index is 6.02. The first kappa shape index (κ1) is 11.9. The Hall–Kier alpha value is -1.17. The number of likely N-dealkylation sites (tertiary alicyclic amines) is 1. The monoisotopic (exact) mass is 263 g/mol.